The van der Waals surface area contributed by atoms with Crippen LogP contribution in [-0.4, -0.2) is 35.1 Å². The van der Waals surface area contributed by atoms with Crippen molar-refractivity contribution in [2.24, 2.45) is 5.73 Å². The summed E-state index contributed by atoms with van der Waals surface area (Å²) < 4.78 is 0. The van der Waals surface area contributed by atoms with Gasteiger partial charge in [0.05, 0.1) is 29.5 Å². The number of hydrogen-bond donors (Lipinski definition) is 5. The highest BCUT2D eigenvalue weighted by Crippen LogP contribution is 2.16. The lowest BCUT2D eigenvalue weighted by Crippen LogP contribution is -2.36. The maximum absolute atomic E-state index is 11.8. The third-order valence-electron chi connectivity index (χ3n) is 2.73. The van der Waals surface area contributed by atoms with Crippen molar-refractivity contribution in [3.8, 4) is 0 Å². The lowest BCUT2D eigenvalue weighted by molar-refractivity contribution is -0.123. The standard InChI is InChI=1S/C12H13N5O4/c13-4-8(18)14-5-9(19)15-7-3-1-2-6-10(7)12(21)17-16-11(6)20/h1-3H,4-5,13H2,(H,14,18)(H,15,19)(H,16,20)(H,17,21). The third kappa shape index (κ3) is 3.15. The zero-order chi connectivity index (χ0) is 15.4. The monoisotopic (exact) mass is 291 g/mol. The molecule has 6 N–H and O–H groups in total. The Morgan fingerprint density at radius 3 is 2.52 bits per heavy atom. The number of hydrogen-bond acceptors (Lipinski definition) is 5. The van der Waals surface area contributed by atoms with Crippen molar-refractivity contribution in [1.82, 2.24) is 15.5 Å². The number of aromatic nitrogens is 2. The minimum atomic E-state index is -0.538. The molecule has 2 amide bonds. The first-order chi connectivity index (χ1) is 10.0. The van der Waals surface area contributed by atoms with Crippen LogP contribution in [0.1, 0.15) is 0 Å². The summed E-state index contributed by atoms with van der Waals surface area (Å²) in [6, 6.07) is 4.49. The summed E-state index contributed by atoms with van der Waals surface area (Å²) in [5.74, 6) is -1.01. The van der Waals surface area contributed by atoms with Crippen molar-refractivity contribution in [2.75, 3.05) is 18.4 Å². The van der Waals surface area contributed by atoms with Gasteiger partial charge < -0.3 is 16.4 Å². The van der Waals surface area contributed by atoms with E-state index in [1.807, 2.05) is 0 Å². The van der Waals surface area contributed by atoms with Crippen LogP contribution in [0.25, 0.3) is 10.8 Å². The molecule has 2 rings (SSSR count). The molecule has 0 aliphatic rings. The van der Waals surface area contributed by atoms with Gasteiger partial charge in [-0.3, -0.25) is 29.4 Å². The Hall–Kier alpha value is -2.94. The minimum Gasteiger partial charge on any atom is -0.346 e. The van der Waals surface area contributed by atoms with Gasteiger partial charge in [-0.15, -0.1) is 0 Å². The highest BCUT2D eigenvalue weighted by molar-refractivity contribution is 6.02. The van der Waals surface area contributed by atoms with E-state index in [-0.39, 0.29) is 29.5 Å². The molecule has 110 valence electrons. The van der Waals surface area contributed by atoms with E-state index in [1.54, 1.807) is 0 Å². The maximum Gasteiger partial charge on any atom is 0.272 e. The maximum atomic E-state index is 11.8. The van der Waals surface area contributed by atoms with Crippen molar-refractivity contribution in [3.63, 3.8) is 0 Å². The van der Waals surface area contributed by atoms with Crippen molar-refractivity contribution >= 4 is 28.3 Å². The van der Waals surface area contributed by atoms with E-state index in [1.165, 1.54) is 18.2 Å². The fraction of sp³-hybridized carbons (Fsp3) is 0.167. The number of aromatic amines is 2. The van der Waals surface area contributed by atoms with Crippen LogP contribution in [0.15, 0.2) is 27.8 Å². The van der Waals surface area contributed by atoms with Crippen LogP contribution in [0.5, 0.6) is 0 Å². The second kappa shape index (κ2) is 6.01. The van der Waals surface area contributed by atoms with Gasteiger partial charge in [0, 0.05) is 0 Å². The number of benzene rings is 1. The molecule has 0 spiro atoms. The summed E-state index contributed by atoms with van der Waals surface area (Å²) >= 11 is 0. The molecule has 0 aliphatic carbocycles. The number of rotatable bonds is 4. The van der Waals surface area contributed by atoms with Crippen molar-refractivity contribution in [3.05, 3.63) is 38.9 Å². The van der Waals surface area contributed by atoms with Crippen LogP contribution in [0.3, 0.4) is 0 Å². The van der Waals surface area contributed by atoms with E-state index in [2.05, 4.69) is 20.8 Å². The van der Waals surface area contributed by atoms with Crippen molar-refractivity contribution < 1.29 is 9.59 Å². The van der Waals surface area contributed by atoms with Gasteiger partial charge in [0.15, 0.2) is 0 Å². The lowest BCUT2D eigenvalue weighted by atomic mass is 10.1. The number of nitrogens with one attached hydrogen (secondary N) is 4. The fourth-order valence-electron chi connectivity index (χ4n) is 1.78. The molecule has 0 bridgehead atoms. The summed E-state index contributed by atoms with van der Waals surface area (Å²) in [5, 5.41) is 9.37. The Morgan fingerprint density at radius 1 is 1.10 bits per heavy atom. The zero-order valence-electron chi connectivity index (χ0n) is 10.9. The second-order valence-electron chi connectivity index (χ2n) is 4.17. The molecule has 0 aliphatic heterocycles. The lowest BCUT2D eigenvalue weighted by Gasteiger charge is -2.08. The molecule has 0 saturated carbocycles. The number of carbonyl (C=O) groups excluding carboxylic acids is 2. The topological polar surface area (TPSA) is 150 Å². The predicted molar refractivity (Wildman–Crippen MR) is 75.9 cm³/mol. The molecule has 9 nitrogen and oxygen atoms in total. The molecule has 1 aromatic heterocycles. The number of fused-ring (bicyclic) bond motifs is 1. The largest absolute Gasteiger partial charge is 0.346 e. The fourth-order valence-corrected chi connectivity index (χ4v) is 1.78. The van der Waals surface area contributed by atoms with Crippen molar-refractivity contribution in [2.45, 2.75) is 0 Å². The molecule has 0 unspecified atom stereocenters. The third-order valence-corrected chi connectivity index (χ3v) is 2.73. The van der Waals surface area contributed by atoms with Gasteiger partial charge in [-0.1, -0.05) is 6.07 Å². The first kappa shape index (κ1) is 14.5. The molecular weight excluding hydrogens is 278 g/mol. The molecule has 0 fully saturated rings. The van der Waals surface area contributed by atoms with E-state index >= 15 is 0 Å². The number of amides is 2. The second-order valence-corrected chi connectivity index (χ2v) is 4.17. The number of nitrogens with two attached hydrogens (primary N) is 1. The van der Waals surface area contributed by atoms with Crippen LogP contribution in [0, 0.1) is 0 Å². The smallest absolute Gasteiger partial charge is 0.272 e. The van der Waals surface area contributed by atoms with Gasteiger partial charge in [-0.25, -0.2) is 0 Å². The highest BCUT2D eigenvalue weighted by atomic mass is 16.2. The predicted octanol–water partition coefficient (Wildman–Crippen LogP) is -1.77. The Bertz CT molecular complexity index is 807. The Labute approximate surface area is 117 Å². The van der Waals surface area contributed by atoms with Gasteiger partial charge in [-0.2, -0.15) is 0 Å². The Morgan fingerprint density at radius 2 is 1.81 bits per heavy atom. The SMILES string of the molecule is NCC(=O)NCC(=O)Nc1cccc2c(=O)[nH][nH]c(=O)c12. The van der Waals surface area contributed by atoms with Gasteiger partial charge in [0.1, 0.15) is 0 Å². The molecule has 9 heteroatoms. The van der Waals surface area contributed by atoms with Gasteiger partial charge in [0.2, 0.25) is 11.8 Å². The normalized spacial score (nSPS) is 10.3. The van der Waals surface area contributed by atoms with Gasteiger partial charge in [0.25, 0.3) is 11.1 Å². The van der Waals surface area contributed by atoms with Gasteiger partial charge >= 0.3 is 0 Å². The molecule has 1 heterocycles. The molecule has 2 aromatic rings. The summed E-state index contributed by atoms with van der Waals surface area (Å²) in [6.45, 7) is -0.510. The first-order valence-corrected chi connectivity index (χ1v) is 6.03. The van der Waals surface area contributed by atoms with Crippen LogP contribution < -0.4 is 27.5 Å². The van der Waals surface area contributed by atoms with Crippen LogP contribution in [-0.2, 0) is 9.59 Å². The average molecular weight is 291 g/mol. The Kier molecular flexibility index (Phi) is 4.14. The molecule has 21 heavy (non-hydrogen) atoms. The quantitative estimate of drug-likeness (QED) is 0.451. The van der Waals surface area contributed by atoms with E-state index in [0.717, 1.165) is 0 Å². The molecule has 0 atom stereocenters. The minimum absolute atomic E-state index is 0.0692. The molecule has 0 saturated heterocycles. The van der Waals surface area contributed by atoms with E-state index in [0.29, 0.717) is 0 Å². The zero-order valence-corrected chi connectivity index (χ0v) is 10.9. The van der Waals surface area contributed by atoms with Gasteiger partial charge in [-0.05, 0) is 12.1 Å². The Balaban J connectivity index is 2.29. The van der Waals surface area contributed by atoms with Crippen molar-refractivity contribution in [1.29, 1.82) is 0 Å². The average Bonchev–Trinajstić information content (AvgIpc) is 2.48. The van der Waals surface area contributed by atoms with E-state index < -0.39 is 22.9 Å². The van der Waals surface area contributed by atoms with Crippen LogP contribution >= 0.6 is 0 Å². The van der Waals surface area contributed by atoms with Crippen LogP contribution in [0.2, 0.25) is 0 Å². The number of anilines is 1. The summed E-state index contributed by atoms with van der Waals surface area (Å²) in [4.78, 5) is 46.1. The summed E-state index contributed by atoms with van der Waals surface area (Å²) in [6.07, 6.45) is 0. The van der Waals surface area contributed by atoms with Crippen LogP contribution in [0.4, 0.5) is 5.69 Å². The van der Waals surface area contributed by atoms with E-state index in [9.17, 15) is 19.2 Å². The molecular formula is C12H13N5O4. The number of H-pyrrole nitrogens is 2. The molecule has 0 radical (unpaired) electrons. The highest BCUT2D eigenvalue weighted by Gasteiger charge is 2.11. The van der Waals surface area contributed by atoms with E-state index in [4.69, 9.17) is 5.73 Å². The molecule has 1 aromatic carbocycles. The summed E-state index contributed by atoms with van der Waals surface area (Å²) in [5.41, 5.74) is 4.27. The first-order valence-electron chi connectivity index (χ1n) is 6.03. The number of carbonyl (C=O) groups is 2. The summed E-state index contributed by atoms with van der Waals surface area (Å²) in [7, 11) is 0.